The summed E-state index contributed by atoms with van der Waals surface area (Å²) in [6.45, 7) is 15.3. The maximum absolute atomic E-state index is 14.4. The van der Waals surface area contributed by atoms with Crippen molar-refractivity contribution >= 4 is 32.6 Å². The molecule has 30 heteroatoms. The molecule has 5 aliphatic heterocycles. The van der Waals surface area contributed by atoms with Gasteiger partial charge < -0.3 is 88.2 Å². The molecule has 3 saturated carbocycles. The van der Waals surface area contributed by atoms with Gasteiger partial charge in [-0.25, -0.2) is 8.37 Å². The van der Waals surface area contributed by atoms with Gasteiger partial charge in [0.2, 0.25) is 0 Å². The molecule has 0 bridgehead atoms. The van der Waals surface area contributed by atoms with Crippen molar-refractivity contribution in [1.82, 2.24) is 0 Å². The van der Waals surface area contributed by atoms with Gasteiger partial charge in [-0.05, 0) is 100 Å². The van der Waals surface area contributed by atoms with Crippen LogP contribution in [0.1, 0.15) is 106 Å². The second-order valence-electron chi connectivity index (χ2n) is 25.9. The van der Waals surface area contributed by atoms with Crippen LogP contribution in [0.5, 0.6) is 0 Å². The van der Waals surface area contributed by atoms with E-state index < -0.39 is 185 Å². The van der Waals surface area contributed by atoms with E-state index in [1.54, 1.807) is 0 Å². The second kappa shape index (κ2) is 24.1. The smallest absolute Gasteiger partial charge is 0.397 e. The third-order valence-electron chi connectivity index (χ3n) is 20.3. The largest absolute Gasteiger partial charge is 0.458 e. The molecule has 0 aromatic heterocycles. The molecule has 10 N–H and O–H groups in total. The number of ketones is 1. The Labute approximate surface area is 487 Å². The maximum Gasteiger partial charge on any atom is 0.397 e. The second-order valence-corrected chi connectivity index (χ2v) is 28.0. The molecule has 4 aliphatic carbocycles. The summed E-state index contributed by atoms with van der Waals surface area (Å²) < 4.78 is 133. The number of allylic oxidation sites excluding steroid dienone is 3. The van der Waals surface area contributed by atoms with Crippen LogP contribution in [-0.4, -0.2) is 234 Å². The van der Waals surface area contributed by atoms with Crippen molar-refractivity contribution in [3.05, 3.63) is 23.8 Å². The summed E-state index contributed by atoms with van der Waals surface area (Å²) in [4.78, 5) is 28.7. The van der Waals surface area contributed by atoms with Crippen LogP contribution >= 0.6 is 0 Å². The minimum Gasteiger partial charge on any atom is -0.458 e. The Kier molecular flexibility index (Phi) is 19.0. The molecule has 0 aromatic carbocycles. The van der Waals surface area contributed by atoms with Gasteiger partial charge in [-0.3, -0.25) is 18.7 Å². The zero-order chi connectivity index (χ0) is 61.8. The van der Waals surface area contributed by atoms with E-state index in [1.165, 1.54) is 12.5 Å². The van der Waals surface area contributed by atoms with Gasteiger partial charge in [0, 0.05) is 13.5 Å². The Morgan fingerprint density at radius 1 is 0.702 bits per heavy atom. The summed E-state index contributed by atoms with van der Waals surface area (Å²) in [5.74, 6) is -0.798. The molecule has 84 heavy (non-hydrogen) atoms. The standard InChI is InChI=1S/C54H84O28S2/c1-23(2)11-10-16-53(8)44-27(55)19-52(7)26-12-13-31-50(4,5)32(15-17-51(31,6)25(26)14-18-54(44,52)49(64)82-53)78-48-43(33(57)28(56)20-72-48)81-45-37(61)36(60)40(24(3)75-45)79-47-39(63)42(35(59)30(77-47)22-74-84(68,69)70)80-46-38(62)41(71-9)34(58)29(76-46)21-73-83(65,66)67/h14,24,26,28-48,56-63H,1,10-13,15-22H2,2-9H3,(H,65,66,67)(H,68,69,70)/t24-,26+,28-,29-,30-,31+,32+,33+,34-,35-,36-,37-,38-,39-,40-,41+,42+,43-,44+,45+,46+,47+,48+,51-,52+,53+,54+/m1/s1. The lowest BCUT2D eigenvalue weighted by molar-refractivity contribution is -0.389. The maximum atomic E-state index is 14.4. The van der Waals surface area contributed by atoms with Crippen molar-refractivity contribution in [3.63, 3.8) is 0 Å². The molecule has 8 fully saturated rings. The van der Waals surface area contributed by atoms with E-state index in [-0.39, 0.29) is 42.0 Å². The number of Topliss-reactive ketones (excluding diaryl/α,β-unsaturated/α-hetero) is 1. The van der Waals surface area contributed by atoms with Crippen LogP contribution in [0.4, 0.5) is 0 Å². The number of carbonyl (C=O) groups is 2. The normalized spacial score (nSPS) is 48.5. The van der Waals surface area contributed by atoms with Crippen LogP contribution in [0.15, 0.2) is 23.8 Å². The first-order valence-corrected chi connectivity index (χ1v) is 31.3. The molecule has 5 heterocycles. The summed E-state index contributed by atoms with van der Waals surface area (Å²) >= 11 is 0. The highest BCUT2D eigenvalue weighted by Crippen LogP contribution is 2.75. The predicted molar refractivity (Wildman–Crippen MR) is 282 cm³/mol. The van der Waals surface area contributed by atoms with Gasteiger partial charge in [0.25, 0.3) is 0 Å². The molecule has 0 radical (unpaired) electrons. The van der Waals surface area contributed by atoms with Crippen LogP contribution in [0.3, 0.4) is 0 Å². The highest BCUT2D eigenvalue weighted by molar-refractivity contribution is 7.81. The molecule has 1 spiro atoms. The van der Waals surface area contributed by atoms with E-state index in [2.05, 4.69) is 48.7 Å². The fraction of sp³-hybridized carbons (Fsp3) is 0.889. The molecule has 9 aliphatic rings. The third-order valence-corrected chi connectivity index (χ3v) is 21.1. The number of rotatable bonds is 19. The fourth-order valence-corrected chi connectivity index (χ4v) is 16.7. The Morgan fingerprint density at radius 3 is 1.87 bits per heavy atom. The average Bonchev–Trinajstić information content (AvgIpc) is 1.45. The van der Waals surface area contributed by atoms with Gasteiger partial charge >= 0.3 is 26.8 Å². The molecule has 0 amide bonds. The summed E-state index contributed by atoms with van der Waals surface area (Å²) in [6.07, 6.45) is -27.4. The first kappa shape index (κ1) is 66.1. The lowest BCUT2D eigenvalue weighted by Crippen LogP contribution is -2.67. The number of hydrogen-bond donors (Lipinski definition) is 10. The SMILES string of the molecule is C=C(C)CCC[C@]1(C)OC(=O)[C@@]23CC=C4[C@H](CC[C@H]5C(C)(C)[C@@H](O[C@@H]6OC[C@@H](O)[C@H](O)[C@H]6O[C@@H]6O[C@H](C)[C@@H](O[C@@H]7O[C@H](COS(=O)(=O)O)[C@@H](O)[C@H](O[C@@H]8O[C@H](COS(=O)(=O)O)[C@@H](O)[C@H](OC)[C@H]8O)[C@H]7O)[C@H](O)[C@H]6O)CC[C@]45C)[C@]2(C)CC(=O)[C@@H]13. The first-order chi connectivity index (χ1) is 39.0. The number of hydrogen-bond acceptors (Lipinski definition) is 26. The summed E-state index contributed by atoms with van der Waals surface area (Å²) in [6, 6.07) is 0. The Morgan fingerprint density at radius 2 is 1.27 bits per heavy atom. The number of ether oxygens (including phenoxy) is 10. The summed E-state index contributed by atoms with van der Waals surface area (Å²) in [5, 5.41) is 90.6. The van der Waals surface area contributed by atoms with E-state index in [9.17, 15) is 71.8 Å². The molecule has 0 aromatic rings. The predicted octanol–water partition coefficient (Wildman–Crippen LogP) is -0.555. The molecule has 5 saturated heterocycles. The van der Waals surface area contributed by atoms with Crippen LogP contribution in [0.25, 0.3) is 0 Å². The lowest BCUT2D eigenvalue weighted by Gasteiger charge is -2.63. The first-order valence-electron chi connectivity index (χ1n) is 28.6. The number of fused-ring (bicyclic) bond motifs is 4. The molecule has 0 unspecified atom stereocenters. The fourth-order valence-electron chi connectivity index (χ4n) is 16.1. The number of methoxy groups -OCH3 is 1. The van der Waals surface area contributed by atoms with Gasteiger partial charge in [0.15, 0.2) is 25.2 Å². The van der Waals surface area contributed by atoms with Gasteiger partial charge in [0.1, 0.15) is 96.8 Å². The number of aliphatic hydroxyl groups is 8. The van der Waals surface area contributed by atoms with Crippen LogP contribution in [0, 0.1) is 39.4 Å². The molecular weight excluding hydrogens is 1160 g/mol. The molecule has 480 valence electrons. The number of cyclic esters (lactones) is 1. The minimum atomic E-state index is -5.21. The Hall–Kier alpha value is -2.32. The van der Waals surface area contributed by atoms with E-state index in [0.29, 0.717) is 32.1 Å². The van der Waals surface area contributed by atoms with Crippen molar-refractivity contribution < 1.29 is 132 Å². The van der Waals surface area contributed by atoms with Gasteiger partial charge in [-0.1, -0.05) is 44.9 Å². The molecule has 28 nitrogen and oxygen atoms in total. The van der Waals surface area contributed by atoms with Gasteiger partial charge in [0.05, 0.1) is 43.4 Å². The van der Waals surface area contributed by atoms with Crippen LogP contribution in [0.2, 0.25) is 0 Å². The molecular formula is C54H84O28S2. The highest BCUT2D eigenvalue weighted by atomic mass is 32.3. The zero-order valence-electron chi connectivity index (χ0n) is 48.2. The van der Waals surface area contributed by atoms with E-state index in [4.69, 9.17) is 51.9 Å². The van der Waals surface area contributed by atoms with E-state index >= 15 is 0 Å². The lowest BCUT2D eigenvalue weighted by atomic mass is 9.41. The van der Waals surface area contributed by atoms with Gasteiger partial charge in [-0.15, -0.1) is 6.58 Å². The van der Waals surface area contributed by atoms with Crippen molar-refractivity contribution in [2.45, 2.75) is 235 Å². The Balaban J connectivity index is 0.882. The zero-order valence-corrected chi connectivity index (χ0v) is 49.8. The van der Waals surface area contributed by atoms with Gasteiger partial charge in [-0.2, -0.15) is 16.8 Å². The highest BCUT2D eigenvalue weighted by Gasteiger charge is 2.79. The summed E-state index contributed by atoms with van der Waals surface area (Å²) in [7, 11) is -9.26. The van der Waals surface area contributed by atoms with E-state index in [1.807, 2.05) is 13.8 Å². The van der Waals surface area contributed by atoms with Crippen molar-refractivity contribution in [2.24, 2.45) is 39.4 Å². The average molecular weight is 1250 g/mol. The third kappa shape index (κ3) is 11.9. The minimum absolute atomic E-state index is 0.0224. The monoisotopic (exact) mass is 1240 g/mol. The number of esters is 1. The van der Waals surface area contributed by atoms with E-state index in [0.717, 1.165) is 31.9 Å². The molecule has 9 rings (SSSR count). The number of aliphatic hydroxyl groups excluding tert-OH is 8. The van der Waals surface area contributed by atoms with Crippen LogP contribution < -0.4 is 0 Å². The quantitative estimate of drug-likeness (QED) is 0.0335. The summed E-state index contributed by atoms with van der Waals surface area (Å²) in [5.41, 5.74) is -1.22. The number of carbonyl (C=O) groups excluding carboxylic acids is 2. The van der Waals surface area contributed by atoms with Crippen molar-refractivity contribution in [2.75, 3.05) is 26.9 Å². The molecule has 27 atom stereocenters. The van der Waals surface area contributed by atoms with Crippen molar-refractivity contribution in [3.8, 4) is 0 Å². The van der Waals surface area contributed by atoms with Crippen LogP contribution in [-0.2, 0) is 86.1 Å². The Bertz CT molecular complexity index is 2690. The topological polar surface area (TPSA) is 415 Å². The van der Waals surface area contributed by atoms with Crippen molar-refractivity contribution in [1.29, 1.82) is 0 Å².